The van der Waals surface area contributed by atoms with Crippen molar-refractivity contribution >= 4 is 11.8 Å². The summed E-state index contributed by atoms with van der Waals surface area (Å²) in [7, 11) is 0. The number of hydrogen-bond donors (Lipinski definition) is 1. The second kappa shape index (κ2) is 7.10. The van der Waals surface area contributed by atoms with Crippen molar-refractivity contribution in [1.29, 1.82) is 0 Å². The monoisotopic (exact) mass is 370 g/mol. The van der Waals surface area contributed by atoms with Crippen LogP contribution < -0.4 is 5.32 Å². The van der Waals surface area contributed by atoms with Crippen molar-refractivity contribution in [2.75, 3.05) is 13.1 Å². The number of nitrogens with one attached hydrogen (secondary N) is 1. The van der Waals surface area contributed by atoms with E-state index in [1.54, 1.807) is 4.90 Å². The van der Waals surface area contributed by atoms with Gasteiger partial charge in [0.25, 0.3) is 0 Å². The van der Waals surface area contributed by atoms with Gasteiger partial charge < -0.3 is 10.2 Å². The summed E-state index contributed by atoms with van der Waals surface area (Å²) in [4.78, 5) is 26.4. The lowest BCUT2D eigenvalue weighted by molar-refractivity contribution is -0.133. The van der Waals surface area contributed by atoms with Crippen LogP contribution in [0.15, 0.2) is 42.5 Å². The highest BCUT2D eigenvalue weighted by atomic mass is 19.2. The highest BCUT2D eigenvalue weighted by molar-refractivity contribution is 5.88. The number of benzene rings is 2. The van der Waals surface area contributed by atoms with Crippen LogP contribution >= 0.6 is 0 Å². The largest absolute Gasteiger partial charge is 0.347 e. The molecule has 2 aromatic carbocycles. The maximum Gasteiger partial charge on any atom is 0.242 e. The Morgan fingerprint density at radius 1 is 1.07 bits per heavy atom. The van der Waals surface area contributed by atoms with Gasteiger partial charge >= 0.3 is 0 Å². The molecule has 2 atom stereocenters. The molecule has 1 N–H and O–H groups in total. The fourth-order valence-electron chi connectivity index (χ4n) is 3.71. The van der Waals surface area contributed by atoms with Crippen LogP contribution in [0.1, 0.15) is 29.0 Å². The van der Waals surface area contributed by atoms with Gasteiger partial charge in [-0.25, -0.2) is 8.78 Å². The Morgan fingerprint density at radius 2 is 1.85 bits per heavy atom. The van der Waals surface area contributed by atoms with E-state index in [2.05, 4.69) is 11.4 Å². The Bertz CT molecular complexity index is 900. The Kier molecular flexibility index (Phi) is 4.64. The summed E-state index contributed by atoms with van der Waals surface area (Å²) < 4.78 is 26.4. The van der Waals surface area contributed by atoms with Gasteiger partial charge in [0.05, 0.1) is 6.54 Å². The molecule has 0 aromatic heterocycles. The molecule has 0 radical (unpaired) electrons. The number of hydrogen-bond acceptors (Lipinski definition) is 2. The fraction of sp³-hybridized carbons (Fsp3) is 0.333. The van der Waals surface area contributed by atoms with E-state index in [1.165, 1.54) is 11.6 Å². The zero-order valence-electron chi connectivity index (χ0n) is 14.8. The smallest absolute Gasteiger partial charge is 0.242 e. The van der Waals surface area contributed by atoms with Crippen LogP contribution in [0.4, 0.5) is 8.78 Å². The van der Waals surface area contributed by atoms with E-state index >= 15 is 0 Å². The molecule has 6 heteroatoms. The fourth-order valence-corrected chi connectivity index (χ4v) is 3.71. The van der Waals surface area contributed by atoms with Crippen LogP contribution in [0.5, 0.6) is 0 Å². The van der Waals surface area contributed by atoms with Gasteiger partial charge in [0.15, 0.2) is 11.6 Å². The van der Waals surface area contributed by atoms with Crippen LogP contribution in [-0.4, -0.2) is 29.8 Å². The average molecular weight is 370 g/mol. The van der Waals surface area contributed by atoms with E-state index in [1.807, 2.05) is 18.2 Å². The van der Waals surface area contributed by atoms with Crippen LogP contribution in [-0.2, 0) is 22.6 Å². The zero-order valence-corrected chi connectivity index (χ0v) is 14.8. The van der Waals surface area contributed by atoms with Gasteiger partial charge in [0.2, 0.25) is 11.8 Å². The molecule has 27 heavy (non-hydrogen) atoms. The molecule has 4 nitrogen and oxygen atoms in total. The van der Waals surface area contributed by atoms with E-state index in [-0.39, 0.29) is 30.2 Å². The Morgan fingerprint density at radius 3 is 2.63 bits per heavy atom. The minimum Gasteiger partial charge on any atom is -0.347 e. The molecule has 4 rings (SSSR count). The standard InChI is InChI=1S/C21H20F2N2O2/c22-18-6-5-14(9-19(18)23)16-10-17(16)21(27)24-11-20(26)25-8-7-13-3-1-2-4-15(13)12-25/h1-6,9,16-17H,7-8,10-12H2,(H,24,27). The molecule has 2 unspecified atom stereocenters. The lowest BCUT2D eigenvalue weighted by atomic mass is 10.00. The molecule has 2 aromatic rings. The lowest BCUT2D eigenvalue weighted by Crippen LogP contribution is -2.42. The van der Waals surface area contributed by atoms with Crippen molar-refractivity contribution in [2.45, 2.75) is 25.3 Å². The van der Waals surface area contributed by atoms with Crippen molar-refractivity contribution in [3.05, 3.63) is 70.8 Å². The number of amides is 2. The van der Waals surface area contributed by atoms with Gasteiger partial charge in [-0.3, -0.25) is 9.59 Å². The topological polar surface area (TPSA) is 49.4 Å². The van der Waals surface area contributed by atoms with Gasteiger partial charge in [-0.1, -0.05) is 30.3 Å². The number of carbonyl (C=O) groups is 2. The molecule has 1 aliphatic carbocycles. The molecular weight excluding hydrogens is 350 g/mol. The van der Waals surface area contributed by atoms with Crippen molar-refractivity contribution in [3.63, 3.8) is 0 Å². The first-order valence-electron chi connectivity index (χ1n) is 9.10. The second-order valence-corrected chi connectivity index (χ2v) is 7.17. The third-order valence-electron chi connectivity index (χ3n) is 5.40. The number of rotatable bonds is 4. The Balaban J connectivity index is 1.29. The van der Waals surface area contributed by atoms with Crippen molar-refractivity contribution in [3.8, 4) is 0 Å². The van der Waals surface area contributed by atoms with E-state index in [0.29, 0.717) is 25.1 Å². The number of fused-ring (bicyclic) bond motifs is 1. The van der Waals surface area contributed by atoms with Gasteiger partial charge in [-0.05, 0) is 47.6 Å². The molecule has 1 saturated carbocycles. The van der Waals surface area contributed by atoms with E-state index in [0.717, 1.165) is 24.1 Å². The van der Waals surface area contributed by atoms with Gasteiger partial charge in [0, 0.05) is 19.0 Å². The summed E-state index contributed by atoms with van der Waals surface area (Å²) in [5, 5.41) is 2.69. The molecule has 2 amide bonds. The molecule has 0 spiro atoms. The second-order valence-electron chi connectivity index (χ2n) is 7.17. The molecule has 1 heterocycles. The first kappa shape index (κ1) is 17.6. The molecule has 0 saturated heterocycles. The SMILES string of the molecule is O=C(NCC(=O)N1CCc2ccccc2C1)C1CC1c1ccc(F)c(F)c1. The average Bonchev–Trinajstić information content (AvgIpc) is 3.48. The van der Waals surface area contributed by atoms with Gasteiger partial charge in [0.1, 0.15) is 0 Å². The van der Waals surface area contributed by atoms with Gasteiger partial charge in [-0.2, -0.15) is 0 Å². The Labute approximate surface area is 156 Å². The third-order valence-corrected chi connectivity index (χ3v) is 5.40. The summed E-state index contributed by atoms with van der Waals surface area (Å²) in [6, 6.07) is 11.8. The molecular formula is C21H20F2N2O2. The minimum atomic E-state index is -0.904. The van der Waals surface area contributed by atoms with Crippen molar-refractivity contribution in [1.82, 2.24) is 10.2 Å². The van der Waals surface area contributed by atoms with E-state index < -0.39 is 11.6 Å². The van der Waals surface area contributed by atoms with Crippen LogP contribution in [0.2, 0.25) is 0 Å². The molecule has 140 valence electrons. The quantitative estimate of drug-likeness (QED) is 0.900. The molecule has 0 bridgehead atoms. The summed E-state index contributed by atoms with van der Waals surface area (Å²) in [6.45, 7) is 1.17. The van der Waals surface area contributed by atoms with Crippen LogP contribution in [0, 0.1) is 17.6 Å². The number of nitrogens with zero attached hydrogens (tertiary/aromatic N) is 1. The highest BCUT2D eigenvalue weighted by Crippen LogP contribution is 2.47. The predicted molar refractivity (Wildman–Crippen MR) is 95.8 cm³/mol. The minimum absolute atomic E-state index is 0.0397. The summed E-state index contributed by atoms with van der Waals surface area (Å²) >= 11 is 0. The highest BCUT2D eigenvalue weighted by Gasteiger charge is 2.44. The molecule has 1 fully saturated rings. The lowest BCUT2D eigenvalue weighted by Gasteiger charge is -2.29. The first-order valence-corrected chi connectivity index (χ1v) is 9.10. The number of halogens is 2. The first-order chi connectivity index (χ1) is 13.0. The van der Waals surface area contributed by atoms with E-state index in [9.17, 15) is 18.4 Å². The summed E-state index contributed by atoms with van der Waals surface area (Å²) in [6.07, 6.45) is 1.40. The maximum atomic E-state index is 13.3. The van der Waals surface area contributed by atoms with Crippen LogP contribution in [0.3, 0.4) is 0 Å². The summed E-state index contributed by atoms with van der Waals surface area (Å²) in [5.74, 6) is -2.52. The molecule has 2 aliphatic rings. The Hall–Kier alpha value is -2.76. The normalized spacial score (nSPS) is 20.7. The van der Waals surface area contributed by atoms with Gasteiger partial charge in [-0.15, -0.1) is 0 Å². The zero-order chi connectivity index (χ0) is 19.0. The van der Waals surface area contributed by atoms with Crippen molar-refractivity contribution < 1.29 is 18.4 Å². The third kappa shape index (κ3) is 3.70. The summed E-state index contributed by atoms with van der Waals surface area (Å²) in [5.41, 5.74) is 3.02. The van der Waals surface area contributed by atoms with Crippen LogP contribution in [0.25, 0.3) is 0 Å². The molecule has 1 aliphatic heterocycles. The van der Waals surface area contributed by atoms with E-state index in [4.69, 9.17) is 0 Å². The number of carbonyl (C=O) groups excluding carboxylic acids is 2. The van der Waals surface area contributed by atoms with Crippen molar-refractivity contribution in [2.24, 2.45) is 5.92 Å². The predicted octanol–water partition coefficient (Wildman–Crippen LogP) is 2.77. The maximum absolute atomic E-state index is 13.3.